The molecule has 118 valence electrons. The number of aromatic nitrogens is 1. The molecule has 3 nitrogen and oxygen atoms in total. The Hall–Kier alpha value is -2.94. The van der Waals surface area contributed by atoms with Gasteiger partial charge in [-0.1, -0.05) is 23.8 Å². The predicted octanol–water partition coefficient (Wildman–Crippen LogP) is 4.26. The molecule has 0 radical (unpaired) electrons. The van der Waals surface area contributed by atoms with Crippen LogP contribution in [0.15, 0.2) is 67.0 Å². The van der Waals surface area contributed by atoms with Crippen molar-refractivity contribution in [2.24, 2.45) is 0 Å². The molecule has 0 saturated carbocycles. The van der Waals surface area contributed by atoms with E-state index in [1.54, 1.807) is 12.4 Å². The third-order valence-electron chi connectivity index (χ3n) is 4.53. The Bertz CT molecular complexity index is 885. The van der Waals surface area contributed by atoms with Crippen LogP contribution in [-0.2, 0) is 6.42 Å². The minimum absolute atomic E-state index is 0.0745. The van der Waals surface area contributed by atoms with Crippen molar-refractivity contribution in [2.75, 3.05) is 11.4 Å². The lowest BCUT2D eigenvalue weighted by Crippen LogP contribution is -2.28. The molecule has 2 aromatic carbocycles. The van der Waals surface area contributed by atoms with Crippen molar-refractivity contribution in [1.82, 2.24) is 4.98 Å². The number of aryl methyl sites for hydroxylation is 1. The number of benzene rings is 2. The lowest BCUT2D eigenvalue weighted by Gasteiger charge is -2.18. The van der Waals surface area contributed by atoms with Crippen LogP contribution < -0.4 is 4.90 Å². The Morgan fingerprint density at radius 2 is 1.71 bits per heavy atom. The predicted molar refractivity (Wildman–Crippen MR) is 96.2 cm³/mol. The molecule has 24 heavy (non-hydrogen) atoms. The van der Waals surface area contributed by atoms with Crippen molar-refractivity contribution in [3.63, 3.8) is 0 Å². The summed E-state index contributed by atoms with van der Waals surface area (Å²) >= 11 is 0. The molecule has 0 spiro atoms. The molecule has 0 unspecified atom stereocenters. The molecule has 0 N–H and O–H groups in total. The van der Waals surface area contributed by atoms with Crippen molar-refractivity contribution >= 4 is 11.6 Å². The van der Waals surface area contributed by atoms with Crippen LogP contribution in [0.5, 0.6) is 0 Å². The van der Waals surface area contributed by atoms with Gasteiger partial charge in [-0.25, -0.2) is 0 Å². The number of carbonyl (C=O) groups is 1. The summed E-state index contributed by atoms with van der Waals surface area (Å²) in [4.78, 5) is 18.7. The Labute approximate surface area is 141 Å². The van der Waals surface area contributed by atoms with E-state index in [1.807, 2.05) is 48.2 Å². The number of hydrogen-bond acceptors (Lipinski definition) is 2. The van der Waals surface area contributed by atoms with Crippen LogP contribution in [0.3, 0.4) is 0 Å². The van der Waals surface area contributed by atoms with Gasteiger partial charge in [-0.3, -0.25) is 9.78 Å². The van der Waals surface area contributed by atoms with Gasteiger partial charge < -0.3 is 4.90 Å². The summed E-state index contributed by atoms with van der Waals surface area (Å²) in [5.41, 5.74) is 6.47. The second-order valence-electron chi connectivity index (χ2n) is 6.15. The van der Waals surface area contributed by atoms with E-state index in [1.165, 1.54) is 11.1 Å². The first-order chi connectivity index (χ1) is 11.7. The van der Waals surface area contributed by atoms with E-state index in [4.69, 9.17) is 0 Å². The molecule has 1 amide bonds. The van der Waals surface area contributed by atoms with E-state index in [-0.39, 0.29) is 5.91 Å². The third-order valence-corrected chi connectivity index (χ3v) is 4.53. The molecule has 1 aliphatic rings. The highest BCUT2D eigenvalue weighted by atomic mass is 16.2. The van der Waals surface area contributed by atoms with Gasteiger partial charge in [-0.15, -0.1) is 0 Å². The maximum atomic E-state index is 12.8. The molecule has 3 heteroatoms. The normalized spacial score (nSPS) is 13.0. The topological polar surface area (TPSA) is 33.2 Å². The number of amides is 1. The fourth-order valence-electron chi connectivity index (χ4n) is 3.19. The Morgan fingerprint density at radius 1 is 0.958 bits per heavy atom. The Balaban J connectivity index is 1.65. The number of hydrogen-bond donors (Lipinski definition) is 0. The molecule has 1 aliphatic heterocycles. The fraction of sp³-hybridized carbons (Fsp3) is 0.143. The van der Waals surface area contributed by atoms with Gasteiger partial charge in [-0.05, 0) is 66.4 Å². The lowest BCUT2D eigenvalue weighted by atomic mass is 10.0. The molecule has 4 rings (SSSR count). The molecule has 0 bridgehead atoms. The molecule has 0 atom stereocenters. The van der Waals surface area contributed by atoms with Gasteiger partial charge in [-0.2, -0.15) is 0 Å². The van der Waals surface area contributed by atoms with E-state index in [9.17, 15) is 4.79 Å². The SMILES string of the molecule is Cc1ccc(C(=O)N2CCc3cc(-c4ccncc4)ccc32)cc1. The summed E-state index contributed by atoms with van der Waals surface area (Å²) in [6, 6.07) is 18.1. The number of anilines is 1. The maximum absolute atomic E-state index is 12.8. The molecule has 1 aromatic heterocycles. The van der Waals surface area contributed by atoms with Crippen molar-refractivity contribution in [1.29, 1.82) is 0 Å². The van der Waals surface area contributed by atoms with Gasteiger partial charge in [0.25, 0.3) is 5.91 Å². The van der Waals surface area contributed by atoms with Crippen LogP contribution in [-0.4, -0.2) is 17.4 Å². The van der Waals surface area contributed by atoms with Crippen LogP contribution in [0.1, 0.15) is 21.5 Å². The molecular formula is C21H18N2O. The lowest BCUT2D eigenvalue weighted by molar-refractivity contribution is 0.0989. The minimum Gasteiger partial charge on any atom is -0.308 e. The quantitative estimate of drug-likeness (QED) is 0.708. The van der Waals surface area contributed by atoms with Gasteiger partial charge in [0, 0.05) is 30.2 Å². The second kappa shape index (κ2) is 5.93. The van der Waals surface area contributed by atoms with Crippen molar-refractivity contribution < 1.29 is 4.79 Å². The largest absolute Gasteiger partial charge is 0.308 e. The molecule has 0 saturated heterocycles. The first-order valence-electron chi connectivity index (χ1n) is 8.14. The maximum Gasteiger partial charge on any atom is 0.258 e. The molecule has 3 aromatic rings. The van der Waals surface area contributed by atoms with Gasteiger partial charge in [0.2, 0.25) is 0 Å². The second-order valence-corrected chi connectivity index (χ2v) is 6.15. The van der Waals surface area contributed by atoms with Crippen LogP contribution in [0.25, 0.3) is 11.1 Å². The standard InChI is InChI=1S/C21H18N2O/c1-15-2-4-17(5-3-15)21(24)23-13-10-19-14-18(6-7-20(19)23)16-8-11-22-12-9-16/h2-9,11-12,14H,10,13H2,1H3. The van der Waals surface area contributed by atoms with Crippen molar-refractivity contribution in [3.8, 4) is 11.1 Å². The summed E-state index contributed by atoms with van der Waals surface area (Å²) in [5.74, 6) is 0.0745. The Kier molecular flexibility index (Phi) is 3.62. The summed E-state index contributed by atoms with van der Waals surface area (Å²) in [6.07, 6.45) is 4.50. The zero-order chi connectivity index (χ0) is 16.5. The molecular weight excluding hydrogens is 296 g/mol. The van der Waals surface area contributed by atoms with E-state index in [0.29, 0.717) is 0 Å². The van der Waals surface area contributed by atoms with Crippen LogP contribution >= 0.6 is 0 Å². The number of rotatable bonds is 2. The minimum atomic E-state index is 0.0745. The average molecular weight is 314 g/mol. The van der Waals surface area contributed by atoms with E-state index in [2.05, 4.69) is 23.2 Å². The van der Waals surface area contributed by atoms with E-state index >= 15 is 0 Å². The van der Waals surface area contributed by atoms with E-state index in [0.717, 1.165) is 35.3 Å². The highest BCUT2D eigenvalue weighted by Crippen LogP contribution is 2.33. The number of fused-ring (bicyclic) bond motifs is 1. The van der Waals surface area contributed by atoms with Gasteiger partial charge in [0.05, 0.1) is 0 Å². The summed E-state index contributed by atoms with van der Waals surface area (Å²) < 4.78 is 0. The summed E-state index contributed by atoms with van der Waals surface area (Å²) in [5, 5.41) is 0. The number of carbonyl (C=O) groups excluding carboxylic acids is 1. The zero-order valence-corrected chi connectivity index (χ0v) is 13.6. The molecule has 2 heterocycles. The Morgan fingerprint density at radius 3 is 2.46 bits per heavy atom. The van der Waals surface area contributed by atoms with Gasteiger partial charge in [0.1, 0.15) is 0 Å². The highest BCUT2D eigenvalue weighted by Gasteiger charge is 2.25. The first-order valence-corrected chi connectivity index (χ1v) is 8.14. The smallest absolute Gasteiger partial charge is 0.258 e. The first kappa shape index (κ1) is 14.6. The summed E-state index contributed by atoms with van der Waals surface area (Å²) in [6.45, 7) is 2.77. The van der Waals surface area contributed by atoms with E-state index < -0.39 is 0 Å². The molecule has 0 fully saturated rings. The van der Waals surface area contributed by atoms with Crippen molar-refractivity contribution in [3.05, 3.63) is 83.7 Å². The van der Waals surface area contributed by atoms with Gasteiger partial charge >= 0.3 is 0 Å². The van der Waals surface area contributed by atoms with Crippen LogP contribution in [0, 0.1) is 6.92 Å². The number of pyridine rings is 1. The fourth-order valence-corrected chi connectivity index (χ4v) is 3.19. The van der Waals surface area contributed by atoms with Crippen LogP contribution in [0.4, 0.5) is 5.69 Å². The number of nitrogens with zero attached hydrogens (tertiary/aromatic N) is 2. The molecule has 0 aliphatic carbocycles. The highest BCUT2D eigenvalue weighted by molar-refractivity contribution is 6.07. The van der Waals surface area contributed by atoms with Gasteiger partial charge in [0.15, 0.2) is 0 Å². The average Bonchev–Trinajstić information content (AvgIpc) is 3.05. The van der Waals surface area contributed by atoms with Crippen LogP contribution in [0.2, 0.25) is 0 Å². The van der Waals surface area contributed by atoms with Crippen molar-refractivity contribution in [2.45, 2.75) is 13.3 Å². The zero-order valence-electron chi connectivity index (χ0n) is 13.6. The monoisotopic (exact) mass is 314 g/mol. The summed E-state index contributed by atoms with van der Waals surface area (Å²) in [7, 11) is 0. The third kappa shape index (κ3) is 2.58.